The fourth-order valence-electron chi connectivity index (χ4n) is 1.50. The van der Waals surface area contributed by atoms with E-state index in [0.29, 0.717) is 0 Å². The molecule has 9 heteroatoms. The summed E-state index contributed by atoms with van der Waals surface area (Å²) in [6, 6.07) is 4.73. The van der Waals surface area contributed by atoms with Gasteiger partial charge in [-0.05, 0) is 18.2 Å². The van der Waals surface area contributed by atoms with Crippen molar-refractivity contribution in [3.63, 3.8) is 0 Å². The fourth-order valence-corrected chi connectivity index (χ4v) is 1.65. The average Bonchev–Trinajstić information content (AvgIpc) is 2.40. The lowest BCUT2D eigenvalue weighted by Crippen LogP contribution is -2.17. The number of nitrogens with zero attached hydrogens (tertiary/aromatic N) is 2. The van der Waals surface area contributed by atoms with Gasteiger partial charge in [-0.25, -0.2) is 14.8 Å². The SMILES string of the molecule is O=C(O)c1cc(-c2ccc(Cl)c(OC(F)(F)F)c2)ncn1. The Morgan fingerprint density at radius 1 is 1.24 bits per heavy atom. The number of aromatic nitrogens is 2. The summed E-state index contributed by atoms with van der Waals surface area (Å²) in [5, 5.41) is 8.59. The average molecular weight is 319 g/mol. The summed E-state index contributed by atoms with van der Waals surface area (Å²) >= 11 is 5.62. The molecule has 2 aromatic rings. The van der Waals surface area contributed by atoms with Crippen molar-refractivity contribution in [3.05, 3.63) is 41.3 Å². The van der Waals surface area contributed by atoms with E-state index >= 15 is 0 Å². The van der Waals surface area contributed by atoms with E-state index < -0.39 is 18.1 Å². The van der Waals surface area contributed by atoms with Gasteiger partial charge in [-0.1, -0.05) is 17.7 Å². The summed E-state index contributed by atoms with van der Waals surface area (Å²) in [5.41, 5.74) is 0.0582. The third-order valence-electron chi connectivity index (χ3n) is 2.34. The Labute approximate surface area is 121 Å². The van der Waals surface area contributed by atoms with Gasteiger partial charge in [0.05, 0.1) is 10.7 Å². The van der Waals surface area contributed by atoms with Gasteiger partial charge in [-0.15, -0.1) is 13.2 Å². The Balaban J connectivity index is 2.43. The molecule has 21 heavy (non-hydrogen) atoms. The highest BCUT2D eigenvalue weighted by Crippen LogP contribution is 2.33. The first-order chi connectivity index (χ1) is 9.76. The van der Waals surface area contributed by atoms with E-state index in [4.69, 9.17) is 16.7 Å². The lowest BCUT2D eigenvalue weighted by atomic mass is 10.1. The van der Waals surface area contributed by atoms with Gasteiger partial charge < -0.3 is 9.84 Å². The maximum atomic E-state index is 12.2. The molecule has 0 saturated heterocycles. The summed E-state index contributed by atoms with van der Waals surface area (Å²) in [7, 11) is 0. The number of aromatic carboxylic acids is 1. The topological polar surface area (TPSA) is 72.3 Å². The zero-order valence-electron chi connectivity index (χ0n) is 10.1. The van der Waals surface area contributed by atoms with Crippen LogP contribution < -0.4 is 4.74 Å². The van der Waals surface area contributed by atoms with Crippen LogP contribution in [0.3, 0.4) is 0 Å². The summed E-state index contributed by atoms with van der Waals surface area (Å²) in [5.74, 6) is -1.88. The van der Waals surface area contributed by atoms with E-state index in [9.17, 15) is 18.0 Å². The van der Waals surface area contributed by atoms with Crippen molar-refractivity contribution in [2.75, 3.05) is 0 Å². The van der Waals surface area contributed by atoms with Crippen molar-refractivity contribution in [1.82, 2.24) is 9.97 Å². The number of carboxylic acid groups (broad SMARTS) is 1. The Bertz CT molecular complexity index is 692. The van der Waals surface area contributed by atoms with E-state index in [0.717, 1.165) is 18.5 Å². The minimum atomic E-state index is -4.89. The number of carboxylic acids is 1. The molecule has 0 atom stereocenters. The smallest absolute Gasteiger partial charge is 0.477 e. The second-order valence-electron chi connectivity index (χ2n) is 3.79. The first-order valence-electron chi connectivity index (χ1n) is 5.37. The van der Waals surface area contributed by atoms with Crippen LogP contribution in [-0.2, 0) is 0 Å². The molecule has 0 amide bonds. The number of alkyl halides is 3. The quantitative estimate of drug-likeness (QED) is 0.939. The molecule has 1 heterocycles. The van der Waals surface area contributed by atoms with Crippen molar-refractivity contribution < 1.29 is 27.8 Å². The van der Waals surface area contributed by atoms with Crippen LogP contribution in [0, 0.1) is 0 Å². The van der Waals surface area contributed by atoms with Gasteiger partial charge in [0, 0.05) is 5.56 Å². The zero-order valence-corrected chi connectivity index (χ0v) is 10.8. The van der Waals surface area contributed by atoms with Crippen LogP contribution in [0.5, 0.6) is 5.75 Å². The predicted octanol–water partition coefficient (Wildman–Crippen LogP) is 3.39. The van der Waals surface area contributed by atoms with E-state index in [-0.39, 0.29) is 22.0 Å². The first kappa shape index (κ1) is 15.0. The molecule has 110 valence electrons. The molecule has 2 rings (SSSR count). The van der Waals surface area contributed by atoms with Gasteiger partial charge in [0.25, 0.3) is 0 Å². The molecule has 0 fully saturated rings. The summed E-state index contributed by atoms with van der Waals surface area (Å²) in [6.07, 6.45) is -3.89. The maximum absolute atomic E-state index is 12.2. The first-order valence-corrected chi connectivity index (χ1v) is 5.75. The molecule has 1 aromatic heterocycles. The minimum Gasteiger partial charge on any atom is -0.477 e. The highest BCUT2D eigenvalue weighted by molar-refractivity contribution is 6.32. The molecule has 5 nitrogen and oxygen atoms in total. The van der Waals surface area contributed by atoms with E-state index in [2.05, 4.69) is 14.7 Å². The van der Waals surface area contributed by atoms with Crippen LogP contribution in [0.25, 0.3) is 11.3 Å². The number of benzene rings is 1. The van der Waals surface area contributed by atoms with Crippen molar-refractivity contribution in [2.24, 2.45) is 0 Å². The monoisotopic (exact) mass is 318 g/mol. The molecule has 0 aliphatic rings. The molecule has 0 unspecified atom stereocenters. The van der Waals surface area contributed by atoms with Crippen LogP contribution in [0.4, 0.5) is 13.2 Å². The van der Waals surface area contributed by atoms with Crippen LogP contribution in [-0.4, -0.2) is 27.4 Å². The van der Waals surface area contributed by atoms with Crippen molar-refractivity contribution in [3.8, 4) is 17.0 Å². The third-order valence-corrected chi connectivity index (χ3v) is 2.65. The van der Waals surface area contributed by atoms with Crippen LogP contribution in [0.1, 0.15) is 10.5 Å². The van der Waals surface area contributed by atoms with E-state index in [1.807, 2.05) is 0 Å². The fraction of sp³-hybridized carbons (Fsp3) is 0.0833. The van der Waals surface area contributed by atoms with Gasteiger partial charge in [0.2, 0.25) is 0 Å². The predicted molar refractivity (Wildman–Crippen MR) is 66.1 cm³/mol. The Morgan fingerprint density at radius 3 is 2.57 bits per heavy atom. The number of halogens is 4. The molecule has 0 spiro atoms. The molecule has 0 aliphatic carbocycles. The third kappa shape index (κ3) is 3.82. The summed E-state index contributed by atoms with van der Waals surface area (Å²) in [6.45, 7) is 0. The van der Waals surface area contributed by atoms with E-state index in [1.54, 1.807) is 0 Å². The highest BCUT2D eigenvalue weighted by Gasteiger charge is 2.32. The van der Waals surface area contributed by atoms with Crippen LogP contribution >= 0.6 is 11.6 Å². The second kappa shape index (κ2) is 5.57. The number of hydrogen-bond donors (Lipinski definition) is 1. The normalized spacial score (nSPS) is 11.2. The molecule has 1 N–H and O–H groups in total. The van der Waals surface area contributed by atoms with Crippen molar-refractivity contribution in [1.29, 1.82) is 0 Å². The zero-order chi connectivity index (χ0) is 15.6. The summed E-state index contributed by atoms with van der Waals surface area (Å²) in [4.78, 5) is 18.1. The molecule has 1 aromatic carbocycles. The number of carbonyl (C=O) groups is 1. The molecule has 0 bridgehead atoms. The molecular formula is C12H6ClF3N2O3. The second-order valence-corrected chi connectivity index (χ2v) is 4.19. The lowest BCUT2D eigenvalue weighted by molar-refractivity contribution is -0.274. The van der Waals surface area contributed by atoms with Gasteiger partial charge in [-0.3, -0.25) is 0 Å². The molecule has 0 radical (unpaired) electrons. The molecule has 0 saturated carbocycles. The van der Waals surface area contributed by atoms with Gasteiger partial charge in [-0.2, -0.15) is 0 Å². The van der Waals surface area contributed by atoms with Crippen molar-refractivity contribution in [2.45, 2.75) is 6.36 Å². The minimum absolute atomic E-state index is 0.131. The van der Waals surface area contributed by atoms with Crippen LogP contribution in [0.15, 0.2) is 30.6 Å². The van der Waals surface area contributed by atoms with Gasteiger partial charge >= 0.3 is 12.3 Å². The van der Waals surface area contributed by atoms with Gasteiger partial charge in [0.1, 0.15) is 12.1 Å². The molecular weight excluding hydrogens is 313 g/mol. The molecule has 0 aliphatic heterocycles. The Hall–Kier alpha value is -2.35. The van der Waals surface area contributed by atoms with Gasteiger partial charge in [0.15, 0.2) is 5.69 Å². The van der Waals surface area contributed by atoms with Crippen molar-refractivity contribution >= 4 is 17.6 Å². The standard InChI is InChI=1S/C12H6ClF3N2O3/c13-7-2-1-6(3-10(7)21-12(14,15)16)8-4-9(11(19)20)18-5-17-8/h1-5H,(H,19,20). The Kier molecular flexibility index (Phi) is 3.99. The number of hydrogen-bond acceptors (Lipinski definition) is 4. The Morgan fingerprint density at radius 2 is 1.95 bits per heavy atom. The number of ether oxygens (including phenoxy) is 1. The lowest BCUT2D eigenvalue weighted by Gasteiger charge is -2.11. The van der Waals surface area contributed by atoms with E-state index in [1.165, 1.54) is 12.1 Å². The highest BCUT2D eigenvalue weighted by atomic mass is 35.5. The maximum Gasteiger partial charge on any atom is 0.573 e. The number of rotatable bonds is 3. The summed E-state index contributed by atoms with van der Waals surface area (Å²) < 4.78 is 40.5. The van der Waals surface area contributed by atoms with Crippen LogP contribution in [0.2, 0.25) is 5.02 Å². The largest absolute Gasteiger partial charge is 0.573 e.